The van der Waals surface area contributed by atoms with Gasteiger partial charge >= 0.3 is 0 Å². The molecule has 1 aliphatic carbocycles. The lowest BCUT2D eigenvalue weighted by atomic mass is 9.80. The van der Waals surface area contributed by atoms with E-state index in [1.54, 1.807) is 0 Å². The molecule has 2 rings (SSSR count). The SMILES string of the molecule is CCCC1CCC(C#N)C(SC2CCOC2C)C1. The minimum Gasteiger partial charge on any atom is -0.377 e. The van der Waals surface area contributed by atoms with E-state index in [9.17, 15) is 5.26 Å². The summed E-state index contributed by atoms with van der Waals surface area (Å²) in [5, 5.41) is 10.5. The molecule has 1 saturated carbocycles. The summed E-state index contributed by atoms with van der Waals surface area (Å²) >= 11 is 2.05. The molecule has 1 aliphatic heterocycles. The molecule has 2 fully saturated rings. The molecule has 0 aromatic carbocycles. The van der Waals surface area contributed by atoms with Crippen molar-refractivity contribution in [3.8, 4) is 6.07 Å². The second-order valence-corrected chi connectivity index (χ2v) is 7.26. The molecule has 1 heterocycles. The third-order valence-corrected chi connectivity index (χ3v) is 6.26. The summed E-state index contributed by atoms with van der Waals surface area (Å²) < 4.78 is 5.65. The molecule has 0 spiro atoms. The molecule has 5 atom stereocenters. The molecule has 0 N–H and O–H groups in total. The van der Waals surface area contributed by atoms with Gasteiger partial charge in [-0.25, -0.2) is 0 Å². The quantitative estimate of drug-likeness (QED) is 0.771. The molecule has 1 saturated heterocycles. The highest BCUT2D eigenvalue weighted by Crippen LogP contribution is 2.42. The topological polar surface area (TPSA) is 33.0 Å². The minimum absolute atomic E-state index is 0.274. The first-order valence-electron chi connectivity index (χ1n) is 7.41. The van der Waals surface area contributed by atoms with Crippen molar-refractivity contribution in [1.82, 2.24) is 0 Å². The second-order valence-electron chi connectivity index (χ2n) is 5.78. The number of nitrogens with zero attached hydrogens (tertiary/aromatic N) is 1. The molecule has 18 heavy (non-hydrogen) atoms. The van der Waals surface area contributed by atoms with Crippen molar-refractivity contribution in [3.05, 3.63) is 0 Å². The molecule has 102 valence electrons. The molecule has 2 nitrogen and oxygen atoms in total. The number of thioether (sulfide) groups is 1. The summed E-state index contributed by atoms with van der Waals surface area (Å²) in [6.07, 6.45) is 7.79. The number of hydrogen-bond acceptors (Lipinski definition) is 3. The molecular formula is C15H25NOS. The molecule has 2 aliphatic rings. The molecule has 0 aromatic rings. The van der Waals surface area contributed by atoms with Crippen LogP contribution < -0.4 is 0 Å². The zero-order chi connectivity index (χ0) is 13.0. The standard InChI is InChI=1S/C15H25NOS/c1-3-4-12-5-6-13(10-16)15(9-12)18-14-7-8-17-11(14)2/h11-15H,3-9H2,1-2H3. The van der Waals surface area contributed by atoms with Gasteiger partial charge in [-0.1, -0.05) is 19.8 Å². The molecule has 0 aromatic heterocycles. The van der Waals surface area contributed by atoms with Crippen molar-refractivity contribution >= 4 is 11.8 Å². The fourth-order valence-electron chi connectivity index (χ4n) is 3.30. The molecule has 0 amide bonds. The van der Waals surface area contributed by atoms with Gasteiger partial charge in [0, 0.05) is 17.1 Å². The lowest BCUT2D eigenvalue weighted by Crippen LogP contribution is -2.29. The normalized spacial score (nSPS) is 40.6. The molecule has 0 radical (unpaired) electrons. The summed E-state index contributed by atoms with van der Waals surface area (Å²) in [7, 11) is 0. The zero-order valence-electron chi connectivity index (χ0n) is 11.6. The largest absolute Gasteiger partial charge is 0.377 e. The average Bonchev–Trinajstić information content (AvgIpc) is 2.76. The van der Waals surface area contributed by atoms with Gasteiger partial charge in [0.15, 0.2) is 0 Å². The van der Waals surface area contributed by atoms with Crippen LogP contribution in [-0.2, 0) is 4.74 Å². The Hall–Kier alpha value is -0.200. The Morgan fingerprint density at radius 1 is 1.28 bits per heavy atom. The molecular weight excluding hydrogens is 242 g/mol. The zero-order valence-corrected chi connectivity index (χ0v) is 12.4. The first kappa shape index (κ1) is 14.2. The van der Waals surface area contributed by atoms with Gasteiger partial charge in [-0.15, -0.1) is 0 Å². The van der Waals surface area contributed by atoms with Gasteiger partial charge in [0.05, 0.1) is 18.1 Å². The van der Waals surface area contributed by atoms with E-state index in [-0.39, 0.29) is 5.92 Å². The van der Waals surface area contributed by atoms with Crippen LogP contribution in [0, 0.1) is 23.2 Å². The van der Waals surface area contributed by atoms with E-state index < -0.39 is 0 Å². The van der Waals surface area contributed by atoms with E-state index in [1.165, 1.54) is 32.1 Å². The fraction of sp³-hybridized carbons (Fsp3) is 0.933. The van der Waals surface area contributed by atoms with E-state index >= 15 is 0 Å². The van der Waals surface area contributed by atoms with Crippen LogP contribution in [0.2, 0.25) is 0 Å². The first-order chi connectivity index (χ1) is 8.74. The number of nitriles is 1. The Morgan fingerprint density at radius 2 is 2.11 bits per heavy atom. The summed E-state index contributed by atoms with van der Waals surface area (Å²) in [6.45, 7) is 5.35. The van der Waals surface area contributed by atoms with Gasteiger partial charge in [-0.3, -0.25) is 0 Å². The Bertz CT molecular complexity index is 301. The van der Waals surface area contributed by atoms with Gasteiger partial charge in [0.25, 0.3) is 0 Å². The van der Waals surface area contributed by atoms with Gasteiger partial charge in [-0.2, -0.15) is 17.0 Å². The third kappa shape index (κ3) is 3.42. The predicted molar refractivity (Wildman–Crippen MR) is 76.6 cm³/mol. The minimum atomic E-state index is 0.274. The number of hydrogen-bond donors (Lipinski definition) is 0. The Kier molecular flexibility index (Phi) is 5.38. The van der Waals surface area contributed by atoms with E-state index in [4.69, 9.17) is 4.74 Å². The van der Waals surface area contributed by atoms with Crippen molar-refractivity contribution in [2.45, 2.75) is 69.0 Å². The van der Waals surface area contributed by atoms with Crippen LogP contribution in [0.1, 0.15) is 52.4 Å². The van der Waals surface area contributed by atoms with E-state index in [1.807, 2.05) is 0 Å². The smallest absolute Gasteiger partial charge is 0.0667 e. The Balaban J connectivity index is 1.91. The second kappa shape index (κ2) is 6.82. The monoisotopic (exact) mass is 267 g/mol. The third-order valence-electron chi connectivity index (χ3n) is 4.42. The predicted octanol–water partition coefficient (Wildman–Crippen LogP) is 4.01. The van der Waals surface area contributed by atoms with Crippen LogP contribution in [-0.4, -0.2) is 23.2 Å². The van der Waals surface area contributed by atoms with E-state index in [0.717, 1.165) is 18.9 Å². The Morgan fingerprint density at radius 3 is 2.72 bits per heavy atom. The molecule has 0 bridgehead atoms. The van der Waals surface area contributed by atoms with E-state index in [2.05, 4.69) is 31.7 Å². The summed E-state index contributed by atoms with van der Waals surface area (Å²) in [5.41, 5.74) is 0. The average molecular weight is 267 g/mol. The summed E-state index contributed by atoms with van der Waals surface area (Å²) in [5.74, 6) is 1.13. The fourth-order valence-corrected chi connectivity index (χ4v) is 5.05. The lowest BCUT2D eigenvalue weighted by Gasteiger charge is -2.34. The van der Waals surface area contributed by atoms with Gasteiger partial charge in [0.2, 0.25) is 0 Å². The maximum atomic E-state index is 9.32. The van der Waals surface area contributed by atoms with Crippen molar-refractivity contribution < 1.29 is 4.74 Å². The summed E-state index contributed by atoms with van der Waals surface area (Å²) in [4.78, 5) is 0. The first-order valence-corrected chi connectivity index (χ1v) is 8.35. The maximum absolute atomic E-state index is 9.32. The van der Waals surface area contributed by atoms with Crippen LogP contribution in [0.4, 0.5) is 0 Å². The van der Waals surface area contributed by atoms with Crippen molar-refractivity contribution in [2.75, 3.05) is 6.61 Å². The highest BCUT2D eigenvalue weighted by Gasteiger charge is 2.35. The Labute approximate surface area is 115 Å². The van der Waals surface area contributed by atoms with E-state index in [0.29, 0.717) is 16.6 Å². The van der Waals surface area contributed by atoms with Gasteiger partial charge in [0.1, 0.15) is 0 Å². The van der Waals surface area contributed by atoms with Crippen LogP contribution in [0.15, 0.2) is 0 Å². The van der Waals surface area contributed by atoms with Crippen molar-refractivity contribution in [3.63, 3.8) is 0 Å². The van der Waals surface area contributed by atoms with Gasteiger partial charge in [-0.05, 0) is 38.5 Å². The maximum Gasteiger partial charge on any atom is 0.0667 e. The van der Waals surface area contributed by atoms with Gasteiger partial charge < -0.3 is 4.74 Å². The lowest BCUT2D eigenvalue weighted by molar-refractivity contribution is 0.127. The van der Waals surface area contributed by atoms with Crippen molar-refractivity contribution in [2.24, 2.45) is 11.8 Å². The van der Waals surface area contributed by atoms with Crippen LogP contribution in [0.5, 0.6) is 0 Å². The highest BCUT2D eigenvalue weighted by molar-refractivity contribution is 8.00. The molecule has 3 heteroatoms. The van der Waals surface area contributed by atoms with Crippen LogP contribution >= 0.6 is 11.8 Å². The molecule has 5 unspecified atom stereocenters. The van der Waals surface area contributed by atoms with Crippen molar-refractivity contribution in [1.29, 1.82) is 5.26 Å². The summed E-state index contributed by atoms with van der Waals surface area (Å²) in [6, 6.07) is 2.54. The van der Waals surface area contributed by atoms with Crippen LogP contribution in [0.25, 0.3) is 0 Å². The number of rotatable bonds is 4. The number of ether oxygens (including phenoxy) is 1. The highest BCUT2D eigenvalue weighted by atomic mass is 32.2. The van der Waals surface area contributed by atoms with Crippen LogP contribution in [0.3, 0.4) is 0 Å².